The number of hydrogen-bond acceptors (Lipinski definition) is 4. The van der Waals surface area contributed by atoms with Crippen molar-refractivity contribution in [3.8, 4) is 0 Å². The Kier molecular flexibility index (Phi) is 5.91. The van der Waals surface area contributed by atoms with E-state index < -0.39 is 0 Å². The van der Waals surface area contributed by atoms with E-state index in [0.717, 1.165) is 51.9 Å². The van der Waals surface area contributed by atoms with Crippen molar-refractivity contribution in [3.63, 3.8) is 0 Å². The number of amides is 1. The van der Waals surface area contributed by atoms with Crippen molar-refractivity contribution in [2.75, 3.05) is 32.8 Å². The summed E-state index contributed by atoms with van der Waals surface area (Å²) in [6, 6.07) is 13.1. The molecule has 1 amide bonds. The quantitative estimate of drug-likeness (QED) is 0.730. The van der Waals surface area contributed by atoms with Gasteiger partial charge in [-0.05, 0) is 80.8 Å². The van der Waals surface area contributed by atoms with Crippen LogP contribution in [0.15, 0.2) is 47.1 Å². The topological polar surface area (TPSA) is 45.9 Å². The summed E-state index contributed by atoms with van der Waals surface area (Å²) in [6.45, 7) is 4.56. The number of rotatable bonds is 6. The lowest BCUT2D eigenvalue weighted by Crippen LogP contribution is -2.46. The highest BCUT2D eigenvalue weighted by Gasteiger charge is 2.32. The van der Waals surface area contributed by atoms with Gasteiger partial charge in [-0.1, -0.05) is 24.3 Å². The Morgan fingerprint density at radius 3 is 2.40 bits per heavy atom. The summed E-state index contributed by atoms with van der Waals surface area (Å²) in [5, 5.41) is 0. The highest BCUT2D eigenvalue weighted by atomic mass is 16.5. The molecule has 1 aliphatic carbocycles. The van der Waals surface area contributed by atoms with E-state index in [4.69, 9.17) is 9.15 Å². The van der Waals surface area contributed by atoms with E-state index in [-0.39, 0.29) is 12.0 Å². The fraction of sp³-hybridized carbons (Fsp3) is 0.560. The third-order valence-corrected chi connectivity index (χ3v) is 7.14. The zero-order chi connectivity index (χ0) is 20.3. The Morgan fingerprint density at radius 2 is 1.77 bits per heavy atom. The standard InChI is InChI=1S/C25H32N2O3/c28-25(24-8-4-14-30-24)27(18-23-7-3-13-29-23)17-19-9-11-26(12-10-19)22-15-20-5-1-2-6-21(20)16-22/h1-2,4-6,8,14,19,22-23H,3,7,9-13,15-18H2/t23-/m1/s1. The molecule has 2 aromatic rings. The first kappa shape index (κ1) is 19.8. The smallest absolute Gasteiger partial charge is 0.289 e. The van der Waals surface area contributed by atoms with Crippen molar-refractivity contribution in [2.24, 2.45) is 5.92 Å². The molecule has 0 N–H and O–H groups in total. The second-order valence-corrected chi connectivity index (χ2v) is 9.13. The Labute approximate surface area is 179 Å². The van der Waals surface area contributed by atoms with E-state index in [2.05, 4.69) is 29.2 Å². The lowest BCUT2D eigenvalue weighted by atomic mass is 9.94. The second-order valence-electron chi connectivity index (χ2n) is 9.13. The molecule has 1 aromatic heterocycles. The molecule has 5 heteroatoms. The maximum atomic E-state index is 13.0. The molecule has 2 fully saturated rings. The minimum absolute atomic E-state index is 0.00386. The molecule has 0 radical (unpaired) electrons. The molecular weight excluding hydrogens is 376 g/mol. The maximum Gasteiger partial charge on any atom is 0.289 e. The summed E-state index contributed by atoms with van der Waals surface area (Å²) in [5.74, 6) is 0.990. The van der Waals surface area contributed by atoms with Crippen LogP contribution in [0.3, 0.4) is 0 Å². The molecule has 160 valence electrons. The van der Waals surface area contributed by atoms with Gasteiger partial charge in [-0.2, -0.15) is 0 Å². The number of hydrogen-bond donors (Lipinski definition) is 0. The van der Waals surface area contributed by atoms with E-state index in [1.807, 2.05) is 4.90 Å². The van der Waals surface area contributed by atoms with Crippen LogP contribution < -0.4 is 0 Å². The zero-order valence-corrected chi connectivity index (χ0v) is 17.7. The maximum absolute atomic E-state index is 13.0. The van der Waals surface area contributed by atoms with Gasteiger partial charge in [0.2, 0.25) is 0 Å². The first-order valence-corrected chi connectivity index (χ1v) is 11.5. The van der Waals surface area contributed by atoms with Crippen LogP contribution in [0.4, 0.5) is 0 Å². The molecule has 0 spiro atoms. The molecule has 3 aliphatic rings. The molecule has 0 unspecified atom stereocenters. The van der Waals surface area contributed by atoms with Gasteiger partial charge in [0, 0.05) is 25.7 Å². The molecule has 30 heavy (non-hydrogen) atoms. The van der Waals surface area contributed by atoms with Gasteiger partial charge in [0.05, 0.1) is 12.4 Å². The number of likely N-dealkylation sites (tertiary alicyclic amines) is 1. The van der Waals surface area contributed by atoms with Crippen LogP contribution in [0.1, 0.15) is 47.4 Å². The van der Waals surface area contributed by atoms with Crippen LogP contribution in [0, 0.1) is 5.92 Å². The van der Waals surface area contributed by atoms with Crippen molar-refractivity contribution in [1.82, 2.24) is 9.80 Å². The van der Waals surface area contributed by atoms with Gasteiger partial charge in [0.15, 0.2) is 5.76 Å². The van der Waals surface area contributed by atoms with E-state index in [9.17, 15) is 4.79 Å². The predicted molar refractivity (Wildman–Crippen MR) is 116 cm³/mol. The monoisotopic (exact) mass is 408 g/mol. The van der Waals surface area contributed by atoms with Gasteiger partial charge in [-0.25, -0.2) is 0 Å². The molecule has 1 aromatic carbocycles. The Morgan fingerprint density at radius 1 is 1.00 bits per heavy atom. The normalized spacial score (nSPS) is 23.0. The van der Waals surface area contributed by atoms with Crippen LogP contribution in [0.2, 0.25) is 0 Å². The van der Waals surface area contributed by atoms with Crippen molar-refractivity contribution >= 4 is 5.91 Å². The Bertz CT molecular complexity index is 811. The predicted octanol–water partition coefficient (Wildman–Crippen LogP) is 3.78. The Balaban J connectivity index is 1.17. The summed E-state index contributed by atoms with van der Waals surface area (Å²) < 4.78 is 11.2. The lowest BCUT2D eigenvalue weighted by molar-refractivity contribution is 0.0408. The number of ether oxygens (including phenoxy) is 1. The van der Waals surface area contributed by atoms with Gasteiger partial charge in [0.25, 0.3) is 5.91 Å². The largest absolute Gasteiger partial charge is 0.459 e. The van der Waals surface area contributed by atoms with Crippen molar-refractivity contribution in [3.05, 3.63) is 59.5 Å². The van der Waals surface area contributed by atoms with E-state index >= 15 is 0 Å². The number of piperidine rings is 1. The second kappa shape index (κ2) is 8.94. The molecule has 3 heterocycles. The number of carbonyl (C=O) groups excluding carboxylic acids is 1. The molecular formula is C25H32N2O3. The van der Waals surface area contributed by atoms with E-state index in [0.29, 0.717) is 24.3 Å². The molecule has 2 saturated heterocycles. The minimum atomic E-state index is 0.00386. The first-order valence-electron chi connectivity index (χ1n) is 11.5. The number of carbonyl (C=O) groups is 1. The van der Waals surface area contributed by atoms with Gasteiger partial charge >= 0.3 is 0 Å². The zero-order valence-electron chi connectivity index (χ0n) is 17.7. The number of fused-ring (bicyclic) bond motifs is 1. The summed E-state index contributed by atoms with van der Waals surface area (Å²) in [4.78, 5) is 17.7. The van der Waals surface area contributed by atoms with E-state index in [1.165, 1.54) is 24.0 Å². The van der Waals surface area contributed by atoms with Gasteiger partial charge < -0.3 is 14.1 Å². The summed E-state index contributed by atoms with van der Waals surface area (Å²) in [7, 11) is 0. The lowest BCUT2D eigenvalue weighted by Gasteiger charge is -2.38. The number of nitrogens with zero attached hydrogens (tertiary/aromatic N) is 2. The summed E-state index contributed by atoms with van der Waals surface area (Å²) in [6.07, 6.45) is 8.56. The molecule has 0 saturated carbocycles. The van der Waals surface area contributed by atoms with Crippen molar-refractivity contribution in [2.45, 2.75) is 50.7 Å². The molecule has 0 bridgehead atoms. The molecule has 5 nitrogen and oxygen atoms in total. The number of benzene rings is 1. The first-order chi connectivity index (χ1) is 14.8. The SMILES string of the molecule is O=C(c1ccco1)N(CC1CCN(C2Cc3ccccc3C2)CC1)C[C@H]1CCCO1. The highest BCUT2D eigenvalue weighted by Crippen LogP contribution is 2.29. The van der Waals surface area contributed by atoms with Crippen LogP contribution in [-0.4, -0.2) is 60.6 Å². The highest BCUT2D eigenvalue weighted by molar-refractivity contribution is 5.91. The average Bonchev–Trinajstić information content (AvgIpc) is 3.54. The van der Waals surface area contributed by atoms with Gasteiger partial charge in [-0.15, -0.1) is 0 Å². The van der Waals surface area contributed by atoms with Crippen molar-refractivity contribution < 1.29 is 13.9 Å². The third-order valence-electron chi connectivity index (χ3n) is 7.14. The molecule has 5 rings (SSSR count). The average molecular weight is 409 g/mol. The van der Waals surface area contributed by atoms with Crippen molar-refractivity contribution in [1.29, 1.82) is 0 Å². The number of furan rings is 1. The summed E-state index contributed by atoms with van der Waals surface area (Å²) >= 11 is 0. The molecule has 1 atom stereocenters. The summed E-state index contributed by atoms with van der Waals surface area (Å²) in [5.41, 5.74) is 3.05. The minimum Gasteiger partial charge on any atom is -0.459 e. The van der Waals surface area contributed by atoms with Crippen LogP contribution in [0.25, 0.3) is 0 Å². The fourth-order valence-corrected chi connectivity index (χ4v) is 5.44. The van der Waals surface area contributed by atoms with Gasteiger partial charge in [0.1, 0.15) is 0 Å². The Hall–Kier alpha value is -2.11. The van der Waals surface area contributed by atoms with E-state index in [1.54, 1.807) is 18.4 Å². The van der Waals surface area contributed by atoms with Crippen LogP contribution in [-0.2, 0) is 17.6 Å². The molecule has 2 aliphatic heterocycles. The van der Waals surface area contributed by atoms with Crippen LogP contribution >= 0.6 is 0 Å². The van der Waals surface area contributed by atoms with Gasteiger partial charge in [-0.3, -0.25) is 9.69 Å². The fourth-order valence-electron chi connectivity index (χ4n) is 5.44. The van der Waals surface area contributed by atoms with Crippen LogP contribution in [0.5, 0.6) is 0 Å². The third kappa shape index (κ3) is 4.33.